The summed E-state index contributed by atoms with van der Waals surface area (Å²) in [5.74, 6) is 0. The SMILES string of the molecule is CCCCCOC(=O)NC=NO. The average molecular weight is 174 g/mol. The van der Waals surface area contributed by atoms with E-state index in [1.54, 1.807) is 0 Å². The number of hydrogen-bond acceptors (Lipinski definition) is 4. The number of ether oxygens (including phenoxy) is 1. The number of amides is 1. The number of alkyl carbamates (subject to hydrolysis) is 1. The van der Waals surface area contributed by atoms with Gasteiger partial charge in [-0.3, -0.25) is 5.32 Å². The molecule has 0 atom stereocenters. The van der Waals surface area contributed by atoms with E-state index in [9.17, 15) is 4.79 Å². The van der Waals surface area contributed by atoms with Gasteiger partial charge in [0.1, 0.15) is 6.34 Å². The van der Waals surface area contributed by atoms with Gasteiger partial charge in [-0.05, 0) is 6.42 Å². The summed E-state index contributed by atoms with van der Waals surface area (Å²) in [6.07, 6.45) is 3.26. The Kier molecular flexibility index (Phi) is 7.02. The normalized spacial score (nSPS) is 10.1. The number of nitrogens with zero attached hydrogens (tertiary/aromatic N) is 1. The lowest BCUT2D eigenvalue weighted by molar-refractivity contribution is 0.149. The predicted octanol–water partition coefficient (Wildman–Crippen LogP) is 1.32. The highest BCUT2D eigenvalue weighted by Crippen LogP contribution is 1.93. The summed E-state index contributed by atoms with van der Waals surface area (Å²) < 4.78 is 4.69. The van der Waals surface area contributed by atoms with E-state index < -0.39 is 6.09 Å². The first kappa shape index (κ1) is 10.7. The van der Waals surface area contributed by atoms with Gasteiger partial charge < -0.3 is 9.94 Å². The summed E-state index contributed by atoms with van der Waals surface area (Å²) in [5.41, 5.74) is 0. The van der Waals surface area contributed by atoms with Crippen LogP contribution in [0.3, 0.4) is 0 Å². The Morgan fingerprint density at radius 2 is 2.42 bits per heavy atom. The monoisotopic (exact) mass is 174 g/mol. The Hall–Kier alpha value is -1.26. The van der Waals surface area contributed by atoms with Gasteiger partial charge >= 0.3 is 6.09 Å². The van der Waals surface area contributed by atoms with E-state index in [4.69, 9.17) is 9.94 Å². The number of carbonyl (C=O) groups excluding carboxylic acids is 1. The molecule has 0 unspecified atom stereocenters. The van der Waals surface area contributed by atoms with Crippen LogP contribution in [0, 0.1) is 0 Å². The summed E-state index contributed by atoms with van der Waals surface area (Å²) in [6.45, 7) is 2.47. The first-order valence-corrected chi connectivity index (χ1v) is 3.90. The molecular formula is C7H14N2O3. The number of carbonyl (C=O) groups is 1. The third kappa shape index (κ3) is 6.85. The van der Waals surface area contributed by atoms with Crippen LogP contribution >= 0.6 is 0 Å². The highest BCUT2D eigenvalue weighted by molar-refractivity contribution is 5.81. The Balaban J connectivity index is 3.20. The lowest BCUT2D eigenvalue weighted by Gasteiger charge is -2.01. The van der Waals surface area contributed by atoms with Crippen LogP contribution in [-0.2, 0) is 4.74 Å². The minimum Gasteiger partial charge on any atom is -0.449 e. The number of unbranched alkanes of at least 4 members (excludes halogenated alkanes) is 2. The molecule has 70 valence electrons. The zero-order valence-corrected chi connectivity index (χ0v) is 7.12. The van der Waals surface area contributed by atoms with Gasteiger partial charge in [0, 0.05) is 0 Å². The Morgan fingerprint density at radius 1 is 1.67 bits per heavy atom. The van der Waals surface area contributed by atoms with Crippen LogP contribution in [0.2, 0.25) is 0 Å². The van der Waals surface area contributed by atoms with Crippen molar-refractivity contribution in [3.63, 3.8) is 0 Å². The molecule has 0 rings (SSSR count). The van der Waals surface area contributed by atoms with Gasteiger partial charge in [0.15, 0.2) is 0 Å². The number of hydrogen-bond donors (Lipinski definition) is 2. The van der Waals surface area contributed by atoms with E-state index in [1.807, 2.05) is 0 Å². The molecule has 0 fully saturated rings. The maximum atomic E-state index is 10.6. The molecule has 12 heavy (non-hydrogen) atoms. The van der Waals surface area contributed by atoms with Crippen LogP contribution in [0.1, 0.15) is 26.2 Å². The summed E-state index contributed by atoms with van der Waals surface area (Å²) in [4.78, 5) is 10.6. The van der Waals surface area contributed by atoms with Crippen molar-refractivity contribution in [3.05, 3.63) is 0 Å². The van der Waals surface area contributed by atoms with Gasteiger partial charge in [0.05, 0.1) is 6.61 Å². The Morgan fingerprint density at radius 3 is 3.00 bits per heavy atom. The van der Waals surface area contributed by atoms with Gasteiger partial charge in [0.25, 0.3) is 0 Å². The fourth-order valence-electron chi connectivity index (χ4n) is 0.640. The molecule has 1 amide bonds. The quantitative estimate of drug-likeness (QED) is 0.217. The summed E-state index contributed by atoms with van der Waals surface area (Å²) in [7, 11) is 0. The molecule has 0 aliphatic heterocycles. The second-order valence-corrected chi connectivity index (χ2v) is 2.23. The van der Waals surface area contributed by atoms with Crippen LogP contribution in [0.5, 0.6) is 0 Å². The molecule has 0 aromatic heterocycles. The van der Waals surface area contributed by atoms with Crippen LogP contribution in [0.25, 0.3) is 0 Å². The van der Waals surface area contributed by atoms with E-state index in [-0.39, 0.29) is 0 Å². The summed E-state index contributed by atoms with van der Waals surface area (Å²) >= 11 is 0. The lowest BCUT2D eigenvalue weighted by atomic mass is 10.3. The van der Waals surface area contributed by atoms with Crippen molar-refractivity contribution in [1.29, 1.82) is 0 Å². The van der Waals surface area contributed by atoms with Gasteiger partial charge in [0.2, 0.25) is 0 Å². The van der Waals surface area contributed by atoms with E-state index >= 15 is 0 Å². The molecule has 0 saturated heterocycles. The topological polar surface area (TPSA) is 70.9 Å². The fourth-order valence-corrected chi connectivity index (χ4v) is 0.640. The molecule has 0 bridgehead atoms. The molecule has 0 heterocycles. The lowest BCUT2D eigenvalue weighted by Crippen LogP contribution is -2.22. The first-order valence-electron chi connectivity index (χ1n) is 3.90. The smallest absolute Gasteiger partial charge is 0.412 e. The van der Waals surface area contributed by atoms with Crippen molar-refractivity contribution in [3.8, 4) is 0 Å². The maximum Gasteiger partial charge on any atom is 0.412 e. The van der Waals surface area contributed by atoms with E-state index in [2.05, 4.69) is 17.4 Å². The van der Waals surface area contributed by atoms with E-state index in [0.29, 0.717) is 6.61 Å². The minimum atomic E-state index is -0.594. The van der Waals surface area contributed by atoms with Gasteiger partial charge in [-0.15, -0.1) is 0 Å². The van der Waals surface area contributed by atoms with Crippen molar-refractivity contribution >= 4 is 12.4 Å². The molecule has 0 aromatic rings. The third-order valence-corrected chi connectivity index (χ3v) is 1.22. The Labute approximate surface area is 71.4 Å². The standard InChI is InChI=1S/C7H14N2O3/c1-2-3-4-5-12-7(10)8-6-9-11/h6,11H,2-5H2,1H3,(H,8,9,10). The molecule has 0 aliphatic carbocycles. The maximum absolute atomic E-state index is 10.6. The second-order valence-electron chi connectivity index (χ2n) is 2.23. The Bertz CT molecular complexity index is 148. The largest absolute Gasteiger partial charge is 0.449 e. The van der Waals surface area contributed by atoms with Crippen LogP contribution < -0.4 is 5.32 Å². The molecule has 5 heteroatoms. The zero-order valence-electron chi connectivity index (χ0n) is 7.12. The van der Waals surface area contributed by atoms with Crippen LogP contribution in [-0.4, -0.2) is 24.2 Å². The van der Waals surface area contributed by atoms with Gasteiger partial charge in [-0.1, -0.05) is 24.9 Å². The van der Waals surface area contributed by atoms with Crippen molar-refractivity contribution in [2.75, 3.05) is 6.61 Å². The van der Waals surface area contributed by atoms with Crippen LogP contribution in [0.15, 0.2) is 5.16 Å². The molecule has 5 nitrogen and oxygen atoms in total. The minimum absolute atomic E-state index is 0.402. The first-order chi connectivity index (χ1) is 5.81. The molecule has 0 saturated carbocycles. The number of oxime groups is 1. The van der Waals surface area contributed by atoms with Crippen molar-refractivity contribution in [2.24, 2.45) is 5.16 Å². The van der Waals surface area contributed by atoms with Crippen molar-refractivity contribution in [1.82, 2.24) is 5.32 Å². The van der Waals surface area contributed by atoms with Gasteiger partial charge in [-0.25, -0.2) is 4.79 Å². The van der Waals surface area contributed by atoms with E-state index in [1.165, 1.54) is 0 Å². The molecule has 0 spiro atoms. The molecule has 0 radical (unpaired) electrons. The van der Waals surface area contributed by atoms with Gasteiger partial charge in [-0.2, -0.15) is 0 Å². The molecule has 0 aromatic carbocycles. The van der Waals surface area contributed by atoms with Crippen LogP contribution in [0.4, 0.5) is 4.79 Å². The highest BCUT2D eigenvalue weighted by atomic mass is 16.5. The highest BCUT2D eigenvalue weighted by Gasteiger charge is 1.96. The molecule has 2 N–H and O–H groups in total. The summed E-state index contributed by atoms with van der Waals surface area (Å²) in [6, 6.07) is 0. The van der Waals surface area contributed by atoms with Crippen molar-refractivity contribution < 1.29 is 14.7 Å². The second kappa shape index (κ2) is 7.84. The number of rotatable bonds is 5. The fraction of sp³-hybridized carbons (Fsp3) is 0.714. The summed E-state index contributed by atoms with van der Waals surface area (Å²) in [5, 5.41) is 12.6. The van der Waals surface area contributed by atoms with Crippen molar-refractivity contribution in [2.45, 2.75) is 26.2 Å². The number of nitrogens with one attached hydrogen (secondary N) is 1. The third-order valence-electron chi connectivity index (χ3n) is 1.22. The molecule has 0 aliphatic rings. The zero-order chi connectivity index (χ0) is 9.23. The molecular weight excluding hydrogens is 160 g/mol. The predicted molar refractivity (Wildman–Crippen MR) is 44.3 cm³/mol. The van der Waals surface area contributed by atoms with E-state index in [0.717, 1.165) is 25.6 Å². The average Bonchev–Trinajstić information content (AvgIpc) is 2.09.